The summed E-state index contributed by atoms with van der Waals surface area (Å²) in [4.78, 5) is 11.2. The normalized spacial score (nSPS) is 10.3. The molecule has 1 rings (SSSR count). The number of carbonyl (C=O) groups excluding carboxylic acids is 1. The molecule has 0 heterocycles. The quantitative estimate of drug-likeness (QED) is 0.524. The van der Waals surface area contributed by atoms with Crippen molar-refractivity contribution in [3.05, 3.63) is 29.8 Å². The van der Waals surface area contributed by atoms with Gasteiger partial charge in [-0.05, 0) is 43.5 Å². The maximum Gasteiger partial charge on any atom is 0.337 e. The zero-order valence-corrected chi connectivity index (χ0v) is 12.0. The molecule has 0 saturated carbocycles. The SMILES string of the molecule is COC(=O)c1ccc(OCCCCCOCCN)cc1. The van der Waals surface area contributed by atoms with E-state index >= 15 is 0 Å². The summed E-state index contributed by atoms with van der Waals surface area (Å²) in [6.45, 7) is 2.62. The Labute approximate surface area is 120 Å². The van der Waals surface area contributed by atoms with Crippen LogP contribution in [0.2, 0.25) is 0 Å². The Bertz CT molecular complexity index is 378. The van der Waals surface area contributed by atoms with Crippen LogP contribution in [-0.2, 0) is 9.47 Å². The molecule has 112 valence electrons. The molecule has 0 bridgehead atoms. The smallest absolute Gasteiger partial charge is 0.337 e. The van der Waals surface area contributed by atoms with Crippen LogP contribution in [0.1, 0.15) is 29.6 Å². The Morgan fingerprint density at radius 3 is 2.40 bits per heavy atom. The third-order valence-corrected chi connectivity index (χ3v) is 2.74. The third kappa shape index (κ3) is 6.54. The predicted molar refractivity (Wildman–Crippen MR) is 77.0 cm³/mol. The van der Waals surface area contributed by atoms with Gasteiger partial charge >= 0.3 is 5.97 Å². The molecule has 0 unspecified atom stereocenters. The molecule has 0 atom stereocenters. The maximum absolute atomic E-state index is 11.2. The van der Waals surface area contributed by atoms with Crippen LogP contribution in [0.3, 0.4) is 0 Å². The maximum atomic E-state index is 11.2. The topological polar surface area (TPSA) is 70.8 Å². The van der Waals surface area contributed by atoms with Crippen LogP contribution in [0.15, 0.2) is 24.3 Å². The van der Waals surface area contributed by atoms with Crippen LogP contribution < -0.4 is 10.5 Å². The molecule has 5 nitrogen and oxygen atoms in total. The monoisotopic (exact) mass is 281 g/mol. The molecular weight excluding hydrogens is 258 g/mol. The number of methoxy groups -OCH3 is 1. The van der Waals surface area contributed by atoms with E-state index in [0.717, 1.165) is 31.6 Å². The lowest BCUT2D eigenvalue weighted by Crippen LogP contribution is -2.09. The average Bonchev–Trinajstić information content (AvgIpc) is 2.50. The van der Waals surface area contributed by atoms with E-state index in [4.69, 9.17) is 15.2 Å². The molecule has 0 radical (unpaired) electrons. The Kier molecular flexibility index (Phi) is 8.42. The zero-order chi connectivity index (χ0) is 14.6. The first-order chi connectivity index (χ1) is 9.77. The van der Waals surface area contributed by atoms with Gasteiger partial charge in [0.15, 0.2) is 0 Å². The summed E-state index contributed by atoms with van der Waals surface area (Å²) in [7, 11) is 1.37. The highest BCUT2D eigenvalue weighted by Gasteiger charge is 2.04. The first-order valence-corrected chi connectivity index (χ1v) is 6.87. The minimum atomic E-state index is -0.339. The number of carbonyl (C=O) groups is 1. The van der Waals surface area contributed by atoms with Gasteiger partial charge in [-0.2, -0.15) is 0 Å². The minimum absolute atomic E-state index is 0.339. The second-order valence-electron chi connectivity index (χ2n) is 4.33. The lowest BCUT2D eigenvalue weighted by atomic mass is 10.2. The fourth-order valence-electron chi connectivity index (χ4n) is 1.66. The van der Waals surface area contributed by atoms with Crippen molar-refractivity contribution in [3.8, 4) is 5.75 Å². The van der Waals surface area contributed by atoms with Crippen LogP contribution in [0, 0.1) is 0 Å². The van der Waals surface area contributed by atoms with E-state index in [9.17, 15) is 4.79 Å². The van der Waals surface area contributed by atoms with E-state index in [1.54, 1.807) is 24.3 Å². The zero-order valence-electron chi connectivity index (χ0n) is 12.0. The third-order valence-electron chi connectivity index (χ3n) is 2.74. The van der Waals surface area contributed by atoms with E-state index in [2.05, 4.69) is 4.74 Å². The lowest BCUT2D eigenvalue weighted by Gasteiger charge is -2.07. The molecule has 0 fully saturated rings. The summed E-state index contributed by atoms with van der Waals surface area (Å²) in [5.74, 6) is 0.422. The number of unbranched alkanes of at least 4 members (excludes halogenated alkanes) is 2. The molecule has 2 N–H and O–H groups in total. The molecule has 0 aromatic heterocycles. The number of hydrogen-bond acceptors (Lipinski definition) is 5. The largest absolute Gasteiger partial charge is 0.494 e. The van der Waals surface area contributed by atoms with Crippen molar-refractivity contribution < 1.29 is 19.0 Å². The van der Waals surface area contributed by atoms with Crippen molar-refractivity contribution in [2.24, 2.45) is 5.73 Å². The molecule has 20 heavy (non-hydrogen) atoms. The summed E-state index contributed by atoms with van der Waals surface area (Å²) in [5, 5.41) is 0. The van der Waals surface area contributed by atoms with E-state index in [-0.39, 0.29) is 5.97 Å². The lowest BCUT2D eigenvalue weighted by molar-refractivity contribution is 0.0600. The Hall–Kier alpha value is -1.59. The molecule has 0 aliphatic heterocycles. The van der Waals surface area contributed by atoms with E-state index in [0.29, 0.717) is 25.3 Å². The summed E-state index contributed by atoms with van der Waals surface area (Å²) >= 11 is 0. The van der Waals surface area contributed by atoms with Crippen LogP contribution in [0.5, 0.6) is 5.75 Å². The first kappa shape index (κ1) is 16.5. The standard InChI is InChI=1S/C15H23NO4/c1-18-15(17)13-5-7-14(8-6-13)20-11-4-2-3-10-19-12-9-16/h5-8H,2-4,9-12,16H2,1H3. The fourth-order valence-corrected chi connectivity index (χ4v) is 1.66. The number of ether oxygens (including phenoxy) is 3. The van der Waals surface area contributed by atoms with Crippen molar-refractivity contribution >= 4 is 5.97 Å². The molecule has 5 heteroatoms. The highest BCUT2D eigenvalue weighted by molar-refractivity contribution is 5.89. The summed E-state index contributed by atoms with van der Waals surface area (Å²) in [5.41, 5.74) is 5.84. The highest BCUT2D eigenvalue weighted by atomic mass is 16.5. The van der Waals surface area contributed by atoms with Gasteiger partial charge < -0.3 is 19.9 Å². The molecule has 0 aliphatic carbocycles. The molecule has 0 aliphatic rings. The highest BCUT2D eigenvalue weighted by Crippen LogP contribution is 2.13. The number of esters is 1. The molecule has 1 aromatic rings. The Morgan fingerprint density at radius 1 is 1.05 bits per heavy atom. The van der Waals surface area contributed by atoms with Gasteiger partial charge in [0.25, 0.3) is 0 Å². The second kappa shape index (κ2) is 10.2. The van der Waals surface area contributed by atoms with Gasteiger partial charge in [-0.3, -0.25) is 0 Å². The van der Waals surface area contributed by atoms with Gasteiger partial charge in [0.1, 0.15) is 5.75 Å². The van der Waals surface area contributed by atoms with Gasteiger partial charge in [0, 0.05) is 13.2 Å². The Balaban J connectivity index is 2.11. The van der Waals surface area contributed by atoms with Crippen molar-refractivity contribution in [2.75, 3.05) is 33.5 Å². The molecule has 0 spiro atoms. The number of hydrogen-bond donors (Lipinski definition) is 1. The summed E-state index contributed by atoms with van der Waals surface area (Å²) < 4.78 is 15.5. The summed E-state index contributed by atoms with van der Waals surface area (Å²) in [6.07, 6.45) is 3.06. The van der Waals surface area contributed by atoms with Gasteiger partial charge in [-0.25, -0.2) is 4.79 Å². The van der Waals surface area contributed by atoms with Crippen molar-refractivity contribution in [1.82, 2.24) is 0 Å². The van der Waals surface area contributed by atoms with Crippen LogP contribution >= 0.6 is 0 Å². The fraction of sp³-hybridized carbons (Fsp3) is 0.533. The number of rotatable bonds is 10. The minimum Gasteiger partial charge on any atom is -0.494 e. The van der Waals surface area contributed by atoms with Crippen LogP contribution in [0.25, 0.3) is 0 Å². The number of nitrogens with two attached hydrogens (primary N) is 1. The molecule has 1 aromatic carbocycles. The summed E-state index contributed by atoms with van der Waals surface area (Å²) in [6, 6.07) is 6.94. The number of benzene rings is 1. The molecule has 0 amide bonds. The van der Waals surface area contributed by atoms with Gasteiger partial charge in [0.05, 0.1) is 25.9 Å². The van der Waals surface area contributed by atoms with Crippen LogP contribution in [-0.4, -0.2) is 39.4 Å². The van der Waals surface area contributed by atoms with Crippen molar-refractivity contribution in [3.63, 3.8) is 0 Å². The molecular formula is C15H23NO4. The average molecular weight is 281 g/mol. The van der Waals surface area contributed by atoms with E-state index in [1.807, 2.05) is 0 Å². The van der Waals surface area contributed by atoms with Gasteiger partial charge in [-0.15, -0.1) is 0 Å². The van der Waals surface area contributed by atoms with Gasteiger partial charge in [0.2, 0.25) is 0 Å². The van der Waals surface area contributed by atoms with Crippen LogP contribution in [0.4, 0.5) is 0 Å². The van der Waals surface area contributed by atoms with E-state index in [1.165, 1.54) is 7.11 Å². The van der Waals surface area contributed by atoms with Gasteiger partial charge in [-0.1, -0.05) is 0 Å². The second-order valence-corrected chi connectivity index (χ2v) is 4.33. The molecule has 0 saturated heterocycles. The van der Waals surface area contributed by atoms with E-state index < -0.39 is 0 Å². The first-order valence-electron chi connectivity index (χ1n) is 6.87. The Morgan fingerprint density at radius 2 is 1.75 bits per heavy atom. The van der Waals surface area contributed by atoms with Crippen molar-refractivity contribution in [1.29, 1.82) is 0 Å². The van der Waals surface area contributed by atoms with Crippen molar-refractivity contribution in [2.45, 2.75) is 19.3 Å². The predicted octanol–water partition coefficient (Wildman–Crippen LogP) is 2.00.